The zero-order valence-electron chi connectivity index (χ0n) is 12.6. The van der Waals surface area contributed by atoms with Crippen molar-refractivity contribution in [2.24, 2.45) is 0 Å². The predicted octanol–water partition coefficient (Wildman–Crippen LogP) is 1.01. The normalized spacial score (nSPS) is 27.0. The molecule has 2 aliphatic rings. The number of rotatable bonds is 3. The minimum absolute atomic E-state index is 0.147. The lowest BCUT2D eigenvalue weighted by Crippen LogP contribution is -2.52. The van der Waals surface area contributed by atoms with Crippen molar-refractivity contribution < 1.29 is 19.2 Å². The van der Waals surface area contributed by atoms with E-state index >= 15 is 0 Å². The van der Waals surface area contributed by atoms with Crippen LogP contribution in [0.3, 0.4) is 0 Å². The summed E-state index contributed by atoms with van der Waals surface area (Å²) in [5.41, 5.74) is -1.39. The number of aromatic nitrogens is 2. The third-order valence-electron chi connectivity index (χ3n) is 3.75. The highest BCUT2D eigenvalue weighted by Crippen LogP contribution is 2.39. The summed E-state index contributed by atoms with van der Waals surface area (Å²) in [6.07, 6.45) is 1.63. The number of hydrogen-bond acceptors (Lipinski definition) is 6. The van der Waals surface area contributed by atoms with Crippen molar-refractivity contribution in [1.29, 1.82) is 0 Å². The molecule has 3 rings (SSSR count). The maximum Gasteiger partial charge on any atom is 0.257 e. The van der Waals surface area contributed by atoms with Crippen LogP contribution in [-0.2, 0) is 9.53 Å². The zero-order valence-corrected chi connectivity index (χ0v) is 12.6. The summed E-state index contributed by atoms with van der Waals surface area (Å²) in [4.78, 5) is 18.2. The number of carbonyl (C=O) groups is 1. The molecule has 1 aliphatic carbocycles. The fourth-order valence-electron chi connectivity index (χ4n) is 2.53. The quantitative estimate of drug-likeness (QED) is 0.895. The summed E-state index contributed by atoms with van der Waals surface area (Å²) in [5.74, 6) is 1.24. The van der Waals surface area contributed by atoms with Gasteiger partial charge in [-0.25, -0.2) is 0 Å². The monoisotopic (exact) mass is 295 g/mol. The highest BCUT2D eigenvalue weighted by molar-refractivity contribution is 5.84. The smallest absolute Gasteiger partial charge is 0.257 e. The summed E-state index contributed by atoms with van der Waals surface area (Å²) >= 11 is 0. The van der Waals surface area contributed by atoms with Crippen molar-refractivity contribution in [3.05, 3.63) is 11.7 Å². The van der Waals surface area contributed by atoms with Gasteiger partial charge in [0.2, 0.25) is 0 Å². The first-order chi connectivity index (χ1) is 9.84. The Labute approximate surface area is 123 Å². The molecular formula is C14H21N3O4. The maximum absolute atomic E-state index is 12.2. The summed E-state index contributed by atoms with van der Waals surface area (Å²) in [6.45, 7) is 5.63. The molecule has 1 saturated heterocycles. The molecule has 2 atom stereocenters. The Bertz CT molecular complexity index is 533. The van der Waals surface area contributed by atoms with E-state index in [1.54, 1.807) is 4.90 Å². The van der Waals surface area contributed by atoms with Crippen LogP contribution in [-0.4, -0.2) is 50.8 Å². The summed E-state index contributed by atoms with van der Waals surface area (Å²) in [7, 11) is 0. The van der Waals surface area contributed by atoms with Crippen molar-refractivity contribution in [3.8, 4) is 0 Å². The number of hydrogen-bond donors (Lipinski definition) is 1. The van der Waals surface area contributed by atoms with Gasteiger partial charge in [0.25, 0.3) is 11.8 Å². The molecule has 7 heteroatoms. The molecule has 116 valence electrons. The van der Waals surface area contributed by atoms with Gasteiger partial charge in [-0.05, 0) is 33.6 Å². The summed E-state index contributed by atoms with van der Waals surface area (Å²) in [6, 6.07) is 0. The molecule has 0 aromatic carbocycles. The van der Waals surface area contributed by atoms with E-state index in [9.17, 15) is 9.90 Å². The van der Waals surface area contributed by atoms with Crippen LogP contribution >= 0.6 is 0 Å². The Hall–Kier alpha value is -1.47. The predicted molar refractivity (Wildman–Crippen MR) is 72.4 cm³/mol. The van der Waals surface area contributed by atoms with Crippen LogP contribution in [0.15, 0.2) is 4.52 Å². The van der Waals surface area contributed by atoms with Gasteiger partial charge in [0.05, 0.1) is 12.6 Å². The highest BCUT2D eigenvalue weighted by Gasteiger charge is 2.38. The lowest BCUT2D eigenvalue weighted by molar-refractivity contribution is -0.162. The molecule has 0 unspecified atom stereocenters. The van der Waals surface area contributed by atoms with Gasteiger partial charge in [-0.2, -0.15) is 4.98 Å². The van der Waals surface area contributed by atoms with E-state index in [0.29, 0.717) is 24.9 Å². The minimum Gasteiger partial charge on any atom is -0.381 e. The molecule has 1 aromatic rings. The van der Waals surface area contributed by atoms with Gasteiger partial charge in [-0.3, -0.25) is 4.79 Å². The molecular weight excluding hydrogens is 274 g/mol. The summed E-state index contributed by atoms with van der Waals surface area (Å²) in [5, 5.41) is 13.9. The van der Waals surface area contributed by atoms with E-state index in [1.165, 1.54) is 13.8 Å². The minimum atomic E-state index is -1.39. The van der Waals surface area contributed by atoms with E-state index in [2.05, 4.69) is 10.1 Å². The highest BCUT2D eigenvalue weighted by atomic mass is 16.5. The van der Waals surface area contributed by atoms with Crippen LogP contribution in [0.25, 0.3) is 0 Å². The lowest BCUT2D eigenvalue weighted by Gasteiger charge is -2.37. The fourth-order valence-corrected chi connectivity index (χ4v) is 2.53. The first-order valence-electron chi connectivity index (χ1n) is 7.35. The van der Waals surface area contributed by atoms with Gasteiger partial charge in [-0.1, -0.05) is 5.16 Å². The molecule has 1 amide bonds. The van der Waals surface area contributed by atoms with Crippen molar-refractivity contribution >= 4 is 5.91 Å². The lowest BCUT2D eigenvalue weighted by atomic mass is 10.1. The number of morpholine rings is 1. The molecule has 7 nitrogen and oxygen atoms in total. The standard InChI is InChI=1S/C14H21N3O4/c1-8-6-17(13(18)14(2,3)19)7-10(20-8)12-15-11(16-21-12)9-4-5-9/h8-10,19H,4-7H2,1-3H3/t8-,10-/m1/s1. The van der Waals surface area contributed by atoms with Crippen LogP contribution < -0.4 is 0 Å². The fraction of sp³-hybridized carbons (Fsp3) is 0.786. The molecule has 0 radical (unpaired) electrons. The number of nitrogens with zero attached hydrogens (tertiary/aromatic N) is 3. The average molecular weight is 295 g/mol. The van der Waals surface area contributed by atoms with Crippen LogP contribution in [0.2, 0.25) is 0 Å². The van der Waals surface area contributed by atoms with Gasteiger partial charge in [-0.15, -0.1) is 0 Å². The second kappa shape index (κ2) is 5.06. The number of amides is 1. The Balaban J connectivity index is 1.74. The molecule has 1 saturated carbocycles. The van der Waals surface area contributed by atoms with Gasteiger partial charge >= 0.3 is 0 Å². The molecule has 21 heavy (non-hydrogen) atoms. The molecule has 0 bridgehead atoms. The Morgan fingerprint density at radius 2 is 2.10 bits per heavy atom. The van der Waals surface area contributed by atoms with Crippen LogP contribution in [0, 0.1) is 0 Å². The van der Waals surface area contributed by atoms with E-state index in [4.69, 9.17) is 9.26 Å². The number of carbonyl (C=O) groups excluding carboxylic acids is 1. The first-order valence-corrected chi connectivity index (χ1v) is 7.35. The third-order valence-corrected chi connectivity index (χ3v) is 3.75. The average Bonchev–Trinajstić information content (AvgIpc) is 3.14. The van der Waals surface area contributed by atoms with Gasteiger partial charge in [0.1, 0.15) is 5.60 Å². The zero-order chi connectivity index (χ0) is 15.2. The van der Waals surface area contributed by atoms with Crippen molar-refractivity contribution in [2.45, 2.75) is 57.3 Å². The van der Waals surface area contributed by atoms with Gasteiger partial charge in [0, 0.05) is 12.5 Å². The SMILES string of the molecule is C[C@@H]1CN(C(=O)C(C)(C)O)C[C@H](c2nc(C3CC3)no2)O1. The molecule has 0 spiro atoms. The van der Waals surface area contributed by atoms with Gasteiger partial charge in [0.15, 0.2) is 11.9 Å². The Morgan fingerprint density at radius 3 is 2.71 bits per heavy atom. The maximum atomic E-state index is 12.2. The molecule has 2 heterocycles. The van der Waals surface area contributed by atoms with Crippen LogP contribution in [0.4, 0.5) is 0 Å². The Morgan fingerprint density at radius 1 is 1.38 bits per heavy atom. The number of ether oxygens (including phenoxy) is 1. The molecule has 1 aliphatic heterocycles. The largest absolute Gasteiger partial charge is 0.381 e. The second-order valence-electron chi connectivity index (χ2n) is 6.47. The molecule has 2 fully saturated rings. The Kier molecular flexibility index (Phi) is 3.49. The van der Waals surface area contributed by atoms with E-state index in [0.717, 1.165) is 18.7 Å². The molecule has 1 aromatic heterocycles. The van der Waals surface area contributed by atoms with Crippen molar-refractivity contribution in [3.63, 3.8) is 0 Å². The van der Waals surface area contributed by atoms with E-state index in [-0.39, 0.29) is 12.0 Å². The van der Waals surface area contributed by atoms with Crippen LogP contribution in [0.1, 0.15) is 57.3 Å². The van der Waals surface area contributed by atoms with Crippen LogP contribution in [0.5, 0.6) is 0 Å². The van der Waals surface area contributed by atoms with E-state index < -0.39 is 11.7 Å². The van der Waals surface area contributed by atoms with Crippen molar-refractivity contribution in [2.75, 3.05) is 13.1 Å². The topological polar surface area (TPSA) is 88.7 Å². The van der Waals surface area contributed by atoms with Crippen molar-refractivity contribution in [1.82, 2.24) is 15.0 Å². The third kappa shape index (κ3) is 3.08. The van der Waals surface area contributed by atoms with E-state index in [1.807, 2.05) is 6.92 Å². The first kappa shape index (κ1) is 14.5. The molecule has 1 N–H and O–H groups in total. The number of aliphatic hydroxyl groups is 1. The second-order valence-corrected chi connectivity index (χ2v) is 6.47. The van der Waals surface area contributed by atoms with Gasteiger partial charge < -0.3 is 19.3 Å². The summed E-state index contributed by atoms with van der Waals surface area (Å²) < 4.78 is 11.1.